The fourth-order valence-electron chi connectivity index (χ4n) is 3.35. The molecule has 3 unspecified atom stereocenters. The first-order valence-corrected chi connectivity index (χ1v) is 7.64. The Kier molecular flexibility index (Phi) is 5.55. The molecular weight excluding hydrogens is 253 g/mol. The molecule has 112 valence electrons. The maximum absolute atomic E-state index is 13.4. The third-order valence-corrected chi connectivity index (χ3v) is 4.10. The maximum atomic E-state index is 13.4. The fourth-order valence-corrected chi connectivity index (χ4v) is 3.35. The van der Waals surface area contributed by atoms with Gasteiger partial charge in [0, 0.05) is 6.54 Å². The van der Waals surface area contributed by atoms with E-state index in [4.69, 9.17) is 4.74 Å². The summed E-state index contributed by atoms with van der Waals surface area (Å²) < 4.78 is 19.7. The zero-order valence-electron chi connectivity index (χ0n) is 12.7. The Balaban J connectivity index is 2.05. The topological polar surface area (TPSA) is 21.3 Å². The summed E-state index contributed by atoms with van der Waals surface area (Å²) in [6, 6.07) is 6.76. The van der Waals surface area contributed by atoms with Crippen molar-refractivity contribution in [2.45, 2.75) is 45.3 Å². The first kappa shape index (κ1) is 15.5. The highest BCUT2D eigenvalue weighted by Gasteiger charge is 2.27. The van der Waals surface area contributed by atoms with Gasteiger partial charge in [-0.1, -0.05) is 26.0 Å². The minimum Gasteiger partial charge on any atom is -0.369 e. The van der Waals surface area contributed by atoms with E-state index in [1.165, 1.54) is 12.5 Å². The van der Waals surface area contributed by atoms with Crippen LogP contribution in [0.2, 0.25) is 0 Å². The molecule has 2 nitrogen and oxygen atoms in total. The van der Waals surface area contributed by atoms with Gasteiger partial charge in [0.1, 0.15) is 5.82 Å². The Labute approximate surface area is 121 Å². The normalized spacial score (nSPS) is 28.3. The monoisotopic (exact) mass is 279 g/mol. The molecule has 1 aromatic rings. The quantitative estimate of drug-likeness (QED) is 0.882. The van der Waals surface area contributed by atoms with Crippen molar-refractivity contribution in [3.63, 3.8) is 0 Å². The lowest BCUT2D eigenvalue weighted by atomic mass is 9.81. The van der Waals surface area contributed by atoms with Crippen LogP contribution >= 0.6 is 0 Å². The van der Waals surface area contributed by atoms with Crippen molar-refractivity contribution in [1.82, 2.24) is 5.32 Å². The highest BCUT2D eigenvalue weighted by atomic mass is 19.1. The predicted molar refractivity (Wildman–Crippen MR) is 80.1 cm³/mol. The average Bonchev–Trinajstić information content (AvgIpc) is 2.37. The van der Waals surface area contributed by atoms with E-state index >= 15 is 0 Å². The van der Waals surface area contributed by atoms with Crippen LogP contribution in [0.5, 0.6) is 0 Å². The minimum atomic E-state index is -0.197. The summed E-state index contributed by atoms with van der Waals surface area (Å²) in [6.07, 6.45) is 3.73. The zero-order chi connectivity index (χ0) is 14.5. The average molecular weight is 279 g/mol. The molecule has 0 aromatic heterocycles. The Morgan fingerprint density at radius 1 is 1.25 bits per heavy atom. The largest absolute Gasteiger partial charge is 0.369 e. The van der Waals surface area contributed by atoms with Crippen molar-refractivity contribution in [3.8, 4) is 0 Å². The summed E-state index contributed by atoms with van der Waals surface area (Å²) in [5.41, 5.74) is 0.922. The van der Waals surface area contributed by atoms with Gasteiger partial charge in [-0.05, 0) is 55.8 Å². The third-order valence-electron chi connectivity index (χ3n) is 4.10. The molecule has 0 spiro atoms. The second kappa shape index (κ2) is 7.19. The standard InChI is InChI=1S/C17H26FNO/c1-12-7-13(2)9-16(8-12)20-17(11-19-3)14-5-4-6-15(18)10-14/h4-6,10,12-13,16-17,19H,7-9,11H2,1-3H3. The van der Waals surface area contributed by atoms with Crippen LogP contribution in [0, 0.1) is 17.7 Å². The number of hydrogen-bond acceptors (Lipinski definition) is 2. The molecule has 1 aliphatic rings. The van der Waals surface area contributed by atoms with Gasteiger partial charge in [0.15, 0.2) is 0 Å². The summed E-state index contributed by atoms with van der Waals surface area (Å²) in [6.45, 7) is 5.30. The number of nitrogens with one attached hydrogen (secondary N) is 1. The van der Waals surface area contributed by atoms with Crippen LogP contribution in [0.15, 0.2) is 24.3 Å². The van der Waals surface area contributed by atoms with Gasteiger partial charge in [0.05, 0.1) is 12.2 Å². The predicted octanol–water partition coefficient (Wildman–Crippen LogP) is 3.93. The Morgan fingerprint density at radius 2 is 1.95 bits per heavy atom. The van der Waals surface area contributed by atoms with Crippen molar-refractivity contribution in [3.05, 3.63) is 35.6 Å². The van der Waals surface area contributed by atoms with E-state index < -0.39 is 0 Å². The molecule has 0 bridgehead atoms. The molecule has 0 aliphatic heterocycles. The molecule has 1 aliphatic carbocycles. The Hall–Kier alpha value is -0.930. The van der Waals surface area contributed by atoms with Crippen LogP contribution in [0.3, 0.4) is 0 Å². The Morgan fingerprint density at radius 3 is 2.55 bits per heavy atom. The van der Waals surface area contributed by atoms with Crippen LogP contribution in [0.4, 0.5) is 4.39 Å². The molecule has 0 amide bonds. The second-order valence-electron chi connectivity index (χ2n) is 6.28. The molecule has 1 saturated carbocycles. The van der Waals surface area contributed by atoms with Gasteiger partial charge >= 0.3 is 0 Å². The summed E-state index contributed by atoms with van der Waals surface area (Å²) in [5, 5.41) is 3.15. The molecule has 2 rings (SSSR count). The van der Waals surface area contributed by atoms with Gasteiger partial charge in [-0.3, -0.25) is 0 Å². The van der Waals surface area contributed by atoms with E-state index in [0.717, 1.165) is 18.4 Å². The Bertz CT molecular complexity index is 413. The highest BCUT2D eigenvalue weighted by molar-refractivity contribution is 5.19. The zero-order valence-corrected chi connectivity index (χ0v) is 12.7. The van der Waals surface area contributed by atoms with E-state index in [1.807, 2.05) is 13.1 Å². The lowest BCUT2D eigenvalue weighted by Crippen LogP contribution is -2.30. The second-order valence-corrected chi connectivity index (χ2v) is 6.28. The van der Waals surface area contributed by atoms with E-state index in [0.29, 0.717) is 18.4 Å². The minimum absolute atomic E-state index is 0.0711. The SMILES string of the molecule is CNCC(OC1CC(C)CC(C)C1)c1cccc(F)c1. The smallest absolute Gasteiger partial charge is 0.123 e. The van der Waals surface area contributed by atoms with Gasteiger partial charge < -0.3 is 10.1 Å². The number of ether oxygens (including phenoxy) is 1. The lowest BCUT2D eigenvalue weighted by molar-refractivity contribution is -0.0492. The van der Waals surface area contributed by atoms with Crippen LogP contribution in [-0.2, 0) is 4.74 Å². The van der Waals surface area contributed by atoms with Crippen LogP contribution in [-0.4, -0.2) is 19.7 Å². The number of benzene rings is 1. The van der Waals surface area contributed by atoms with Crippen molar-refractivity contribution in [2.24, 2.45) is 11.8 Å². The molecule has 1 aromatic carbocycles. The van der Waals surface area contributed by atoms with Crippen molar-refractivity contribution in [1.29, 1.82) is 0 Å². The first-order chi connectivity index (χ1) is 9.58. The van der Waals surface area contributed by atoms with Crippen molar-refractivity contribution in [2.75, 3.05) is 13.6 Å². The van der Waals surface area contributed by atoms with Crippen LogP contribution in [0.1, 0.15) is 44.8 Å². The van der Waals surface area contributed by atoms with Crippen LogP contribution < -0.4 is 5.32 Å². The van der Waals surface area contributed by atoms with Crippen molar-refractivity contribution < 1.29 is 9.13 Å². The van der Waals surface area contributed by atoms with E-state index in [1.54, 1.807) is 12.1 Å². The summed E-state index contributed by atoms with van der Waals surface area (Å²) >= 11 is 0. The molecule has 0 heterocycles. The fraction of sp³-hybridized carbons (Fsp3) is 0.647. The number of rotatable bonds is 5. The van der Waals surface area contributed by atoms with Gasteiger partial charge in [-0.2, -0.15) is 0 Å². The summed E-state index contributed by atoms with van der Waals surface area (Å²) in [7, 11) is 1.90. The molecule has 0 saturated heterocycles. The maximum Gasteiger partial charge on any atom is 0.123 e. The van der Waals surface area contributed by atoms with Crippen LogP contribution in [0.25, 0.3) is 0 Å². The van der Waals surface area contributed by atoms with E-state index in [-0.39, 0.29) is 18.0 Å². The van der Waals surface area contributed by atoms with Gasteiger partial charge in [-0.15, -0.1) is 0 Å². The highest BCUT2D eigenvalue weighted by Crippen LogP contribution is 2.33. The molecule has 3 atom stereocenters. The molecule has 1 N–H and O–H groups in total. The van der Waals surface area contributed by atoms with Gasteiger partial charge in [0.25, 0.3) is 0 Å². The third kappa shape index (κ3) is 4.29. The number of hydrogen-bond donors (Lipinski definition) is 1. The summed E-state index contributed by atoms with van der Waals surface area (Å²) in [4.78, 5) is 0. The van der Waals surface area contributed by atoms with E-state index in [9.17, 15) is 4.39 Å². The van der Waals surface area contributed by atoms with E-state index in [2.05, 4.69) is 19.2 Å². The van der Waals surface area contributed by atoms with Gasteiger partial charge in [-0.25, -0.2) is 4.39 Å². The molecule has 3 heteroatoms. The molecule has 1 fully saturated rings. The first-order valence-electron chi connectivity index (χ1n) is 7.64. The number of halogens is 1. The molecule has 0 radical (unpaired) electrons. The summed E-state index contributed by atoms with van der Waals surface area (Å²) in [5.74, 6) is 1.23. The molecule has 20 heavy (non-hydrogen) atoms. The molecular formula is C17H26FNO. The number of likely N-dealkylation sites (N-methyl/N-ethyl adjacent to an activating group) is 1. The lowest BCUT2D eigenvalue weighted by Gasteiger charge is -2.34. The van der Waals surface area contributed by atoms with Crippen molar-refractivity contribution >= 4 is 0 Å². The van der Waals surface area contributed by atoms with Gasteiger partial charge in [0.2, 0.25) is 0 Å².